The van der Waals surface area contributed by atoms with Gasteiger partial charge in [-0.3, -0.25) is 0 Å². The molecule has 0 unspecified atom stereocenters. The summed E-state index contributed by atoms with van der Waals surface area (Å²) in [5.41, 5.74) is 12.1. The van der Waals surface area contributed by atoms with Gasteiger partial charge in [-0.25, -0.2) is 4.98 Å². The predicted molar refractivity (Wildman–Crippen MR) is 245 cm³/mol. The molecular formula is C55H34N2O2. The van der Waals surface area contributed by atoms with E-state index < -0.39 is 0 Å². The molecule has 0 atom stereocenters. The number of benzene rings is 10. The lowest BCUT2D eigenvalue weighted by Gasteiger charge is -2.26. The largest absolute Gasteiger partial charge is 0.455 e. The third-order valence-corrected chi connectivity index (χ3v) is 11.7. The molecule has 10 aromatic carbocycles. The normalized spacial score (nSPS) is 11.7. The van der Waals surface area contributed by atoms with Crippen molar-refractivity contribution in [2.24, 2.45) is 0 Å². The van der Waals surface area contributed by atoms with Crippen molar-refractivity contribution in [3.63, 3.8) is 0 Å². The SMILES string of the molecule is c1ccc2cc(-c3ccc4c(ccc5cc(N(c6ccc(-c7nc8ccccc8o7)cc6)c6ccc(-c7cccc8c7oc7ccccc78)cc6)ccc54)c3)ccc2c1. The number of aromatic nitrogens is 1. The number of para-hydroxylation sites is 4. The van der Waals surface area contributed by atoms with Gasteiger partial charge in [0.15, 0.2) is 5.58 Å². The van der Waals surface area contributed by atoms with Crippen LogP contribution in [0.4, 0.5) is 17.1 Å². The molecule has 4 heteroatoms. The molecule has 0 N–H and O–H groups in total. The molecule has 0 radical (unpaired) electrons. The molecule has 0 spiro atoms. The van der Waals surface area contributed by atoms with E-state index in [1.54, 1.807) is 0 Å². The standard InChI is InChI=1S/C55H34N2O2/c1-2-9-38-32-39(17-16-35(38)8-1)40-24-30-46-41(33-40)18-19-42-34-45(29-31-47(42)46)57(44-27-22-37(23-28-44)55-56-51-13-4-6-15-53(51)59-55)43-25-20-36(21-26-43)48-11-7-12-50-49-10-3-5-14-52(49)58-54(48)50/h1-34H. The summed E-state index contributed by atoms with van der Waals surface area (Å²) in [6.07, 6.45) is 0. The van der Waals surface area contributed by atoms with Crippen molar-refractivity contribution in [1.29, 1.82) is 0 Å². The van der Waals surface area contributed by atoms with Crippen LogP contribution in [0.25, 0.3) is 99.1 Å². The number of hydrogen-bond donors (Lipinski definition) is 0. The lowest BCUT2D eigenvalue weighted by molar-refractivity contribution is 0.620. The molecule has 0 bridgehead atoms. The highest BCUT2D eigenvalue weighted by Crippen LogP contribution is 2.41. The first-order valence-electron chi connectivity index (χ1n) is 19.9. The van der Waals surface area contributed by atoms with E-state index in [1.165, 1.54) is 43.4 Å². The number of oxazole rings is 1. The summed E-state index contributed by atoms with van der Waals surface area (Å²) in [6.45, 7) is 0. The van der Waals surface area contributed by atoms with Crippen molar-refractivity contribution in [1.82, 2.24) is 4.98 Å². The third-order valence-electron chi connectivity index (χ3n) is 11.7. The molecule has 2 heterocycles. The minimum absolute atomic E-state index is 0.606. The molecule has 12 rings (SSSR count). The summed E-state index contributed by atoms with van der Waals surface area (Å²) >= 11 is 0. The Hall–Kier alpha value is -7.95. The van der Waals surface area contributed by atoms with Crippen molar-refractivity contribution in [3.05, 3.63) is 206 Å². The van der Waals surface area contributed by atoms with Crippen LogP contribution in [0.3, 0.4) is 0 Å². The van der Waals surface area contributed by atoms with Crippen LogP contribution in [-0.2, 0) is 0 Å². The molecular weight excluding hydrogens is 721 g/mol. The quantitative estimate of drug-likeness (QED) is 0.159. The van der Waals surface area contributed by atoms with Gasteiger partial charge in [0.1, 0.15) is 16.7 Å². The Morgan fingerprint density at radius 3 is 1.71 bits per heavy atom. The number of fused-ring (bicyclic) bond motifs is 8. The number of hydrogen-bond acceptors (Lipinski definition) is 4. The highest BCUT2D eigenvalue weighted by Gasteiger charge is 2.17. The smallest absolute Gasteiger partial charge is 0.227 e. The first-order valence-corrected chi connectivity index (χ1v) is 19.9. The minimum atomic E-state index is 0.606. The van der Waals surface area contributed by atoms with Gasteiger partial charge in [0.2, 0.25) is 5.89 Å². The van der Waals surface area contributed by atoms with Gasteiger partial charge in [0.05, 0.1) is 0 Å². The predicted octanol–water partition coefficient (Wildman–Crippen LogP) is 15.7. The summed E-state index contributed by atoms with van der Waals surface area (Å²) in [7, 11) is 0. The molecule has 0 saturated heterocycles. The zero-order chi connectivity index (χ0) is 38.9. The summed E-state index contributed by atoms with van der Waals surface area (Å²) in [6, 6.07) is 73.1. The second kappa shape index (κ2) is 13.3. The zero-order valence-corrected chi connectivity index (χ0v) is 31.8. The third kappa shape index (κ3) is 5.65. The van der Waals surface area contributed by atoms with Crippen molar-refractivity contribution >= 4 is 82.4 Å². The Morgan fingerprint density at radius 2 is 0.915 bits per heavy atom. The number of rotatable bonds is 6. The van der Waals surface area contributed by atoms with E-state index in [0.717, 1.165) is 66.8 Å². The van der Waals surface area contributed by atoms with Crippen LogP contribution in [0, 0.1) is 0 Å². The van der Waals surface area contributed by atoms with Crippen LogP contribution < -0.4 is 4.90 Å². The Labute approximate surface area is 339 Å². The second-order valence-electron chi connectivity index (χ2n) is 15.2. The maximum absolute atomic E-state index is 6.41. The average molecular weight is 755 g/mol. The molecule has 0 aliphatic rings. The molecule has 0 fully saturated rings. The molecule has 0 amide bonds. The summed E-state index contributed by atoms with van der Waals surface area (Å²) in [5, 5.41) is 9.60. The Bertz CT molecular complexity index is 3530. The highest BCUT2D eigenvalue weighted by molar-refractivity contribution is 6.11. The maximum Gasteiger partial charge on any atom is 0.227 e. The van der Waals surface area contributed by atoms with Crippen molar-refractivity contribution in [2.75, 3.05) is 4.90 Å². The van der Waals surface area contributed by atoms with Crippen molar-refractivity contribution in [3.8, 4) is 33.7 Å². The first-order chi connectivity index (χ1) is 29.2. The Balaban J connectivity index is 0.945. The van der Waals surface area contributed by atoms with E-state index in [1.807, 2.05) is 36.4 Å². The van der Waals surface area contributed by atoms with Gasteiger partial charge in [-0.1, -0.05) is 127 Å². The van der Waals surface area contributed by atoms with Gasteiger partial charge in [0.25, 0.3) is 0 Å². The molecule has 0 aliphatic heterocycles. The van der Waals surface area contributed by atoms with Gasteiger partial charge >= 0.3 is 0 Å². The fourth-order valence-corrected chi connectivity index (χ4v) is 8.71. The fraction of sp³-hybridized carbons (Fsp3) is 0. The molecule has 2 aromatic heterocycles. The van der Waals surface area contributed by atoms with Crippen LogP contribution in [0.5, 0.6) is 0 Å². The second-order valence-corrected chi connectivity index (χ2v) is 15.2. The van der Waals surface area contributed by atoms with E-state index in [4.69, 9.17) is 13.8 Å². The molecule has 59 heavy (non-hydrogen) atoms. The van der Waals surface area contributed by atoms with Gasteiger partial charge in [-0.15, -0.1) is 0 Å². The van der Waals surface area contributed by atoms with Crippen molar-refractivity contribution in [2.45, 2.75) is 0 Å². The molecule has 276 valence electrons. The van der Waals surface area contributed by atoms with Crippen LogP contribution in [0.15, 0.2) is 215 Å². The van der Waals surface area contributed by atoms with E-state index >= 15 is 0 Å². The van der Waals surface area contributed by atoms with Crippen LogP contribution in [0.2, 0.25) is 0 Å². The molecule has 0 aliphatic carbocycles. The number of nitrogens with zero attached hydrogens (tertiary/aromatic N) is 2. The monoisotopic (exact) mass is 754 g/mol. The average Bonchev–Trinajstić information content (AvgIpc) is 3.91. The van der Waals surface area contributed by atoms with Crippen molar-refractivity contribution < 1.29 is 8.83 Å². The summed E-state index contributed by atoms with van der Waals surface area (Å²) < 4.78 is 12.5. The summed E-state index contributed by atoms with van der Waals surface area (Å²) in [5.74, 6) is 0.606. The topological polar surface area (TPSA) is 42.4 Å². The summed E-state index contributed by atoms with van der Waals surface area (Å²) in [4.78, 5) is 7.07. The van der Waals surface area contributed by atoms with Crippen LogP contribution in [-0.4, -0.2) is 4.98 Å². The van der Waals surface area contributed by atoms with E-state index in [-0.39, 0.29) is 0 Å². The van der Waals surface area contributed by atoms with E-state index in [9.17, 15) is 0 Å². The van der Waals surface area contributed by atoms with Crippen LogP contribution in [0.1, 0.15) is 0 Å². The molecule has 12 aromatic rings. The van der Waals surface area contributed by atoms with Gasteiger partial charge in [-0.05, 0) is 128 Å². The van der Waals surface area contributed by atoms with Crippen LogP contribution >= 0.6 is 0 Å². The Kier molecular flexibility index (Phi) is 7.50. The number of furan rings is 1. The number of anilines is 3. The van der Waals surface area contributed by atoms with Gasteiger partial charge < -0.3 is 13.7 Å². The first kappa shape index (κ1) is 33.2. The highest BCUT2D eigenvalue weighted by atomic mass is 16.3. The zero-order valence-electron chi connectivity index (χ0n) is 31.8. The van der Waals surface area contributed by atoms with E-state index in [2.05, 4.69) is 175 Å². The lowest BCUT2D eigenvalue weighted by Crippen LogP contribution is -2.09. The lowest BCUT2D eigenvalue weighted by atomic mass is 9.96. The molecule has 0 saturated carbocycles. The Morgan fingerprint density at radius 1 is 0.339 bits per heavy atom. The van der Waals surface area contributed by atoms with Gasteiger partial charge in [-0.2, -0.15) is 0 Å². The fourth-order valence-electron chi connectivity index (χ4n) is 8.71. The van der Waals surface area contributed by atoms with E-state index in [0.29, 0.717) is 5.89 Å². The maximum atomic E-state index is 6.41. The van der Waals surface area contributed by atoms with Gasteiger partial charge in [0, 0.05) is 39.0 Å². The molecule has 4 nitrogen and oxygen atoms in total. The minimum Gasteiger partial charge on any atom is -0.455 e.